The first kappa shape index (κ1) is 15.3. The predicted molar refractivity (Wildman–Crippen MR) is 89.7 cm³/mol. The summed E-state index contributed by atoms with van der Waals surface area (Å²) >= 11 is 0. The topological polar surface area (TPSA) is 64.4 Å². The number of nitro benzene ring substituents is 1. The van der Waals surface area contributed by atoms with E-state index < -0.39 is 0 Å². The van der Waals surface area contributed by atoms with E-state index in [9.17, 15) is 10.1 Å². The third-order valence-corrected chi connectivity index (χ3v) is 4.13. The molecule has 1 aliphatic carbocycles. The maximum atomic E-state index is 11.2. The van der Waals surface area contributed by atoms with Gasteiger partial charge in [-0.15, -0.1) is 0 Å². The molecule has 0 bridgehead atoms. The van der Waals surface area contributed by atoms with Gasteiger partial charge in [0.2, 0.25) is 0 Å². The van der Waals surface area contributed by atoms with Crippen molar-refractivity contribution in [1.29, 1.82) is 0 Å². The highest BCUT2D eigenvalue weighted by Gasteiger charge is 2.20. The second-order valence-corrected chi connectivity index (χ2v) is 5.84. The smallest absolute Gasteiger partial charge is 0.292 e. The SMILES string of the molecule is O=[N+]([O-])c1ccc(OCc2ccccc2)cc1NC1CCCC1. The highest BCUT2D eigenvalue weighted by Crippen LogP contribution is 2.32. The second-order valence-electron chi connectivity index (χ2n) is 5.84. The minimum Gasteiger partial charge on any atom is -0.489 e. The first-order valence-corrected chi connectivity index (χ1v) is 7.94. The fraction of sp³-hybridized carbons (Fsp3) is 0.333. The van der Waals surface area contributed by atoms with E-state index in [1.165, 1.54) is 18.9 Å². The van der Waals surface area contributed by atoms with Crippen LogP contribution in [-0.2, 0) is 6.61 Å². The first-order valence-electron chi connectivity index (χ1n) is 7.94. The van der Waals surface area contributed by atoms with Gasteiger partial charge in [-0.1, -0.05) is 43.2 Å². The number of nitrogens with one attached hydrogen (secondary N) is 1. The standard InChI is InChI=1S/C18H20N2O3/c21-20(22)18-11-10-16(23-13-14-6-2-1-3-7-14)12-17(18)19-15-8-4-5-9-15/h1-3,6-7,10-12,15,19H,4-5,8-9,13H2. The van der Waals surface area contributed by atoms with E-state index >= 15 is 0 Å². The molecule has 2 aromatic rings. The summed E-state index contributed by atoms with van der Waals surface area (Å²) in [6.07, 6.45) is 4.48. The third kappa shape index (κ3) is 4.00. The van der Waals surface area contributed by atoms with E-state index in [4.69, 9.17) is 4.74 Å². The van der Waals surface area contributed by atoms with Crippen LogP contribution in [0.2, 0.25) is 0 Å². The summed E-state index contributed by atoms with van der Waals surface area (Å²) in [5.74, 6) is 0.639. The van der Waals surface area contributed by atoms with Crippen LogP contribution in [0.4, 0.5) is 11.4 Å². The van der Waals surface area contributed by atoms with E-state index in [1.807, 2.05) is 30.3 Å². The molecule has 0 unspecified atom stereocenters. The van der Waals surface area contributed by atoms with Crippen LogP contribution in [0.5, 0.6) is 5.75 Å². The normalized spacial score (nSPS) is 14.6. The second kappa shape index (κ2) is 7.13. The largest absolute Gasteiger partial charge is 0.489 e. The van der Waals surface area contributed by atoms with Crippen LogP contribution in [0.3, 0.4) is 0 Å². The molecule has 1 aliphatic rings. The van der Waals surface area contributed by atoms with Gasteiger partial charge in [0.1, 0.15) is 18.0 Å². The van der Waals surface area contributed by atoms with Gasteiger partial charge in [0.25, 0.3) is 5.69 Å². The third-order valence-electron chi connectivity index (χ3n) is 4.13. The van der Waals surface area contributed by atoms with Crippen molar-refractivity contribution in [3.05, 3.63) is 64.2 Å². The fourth-order valence-electron chi connectivity index (χ4n) is 2.91. The lowest BCUT2D eigenvalue weighted by molar-refractivity contribution is -0.384. The zero-order valence-corrected chi connectivity index (χ0v) is 12.9. The van der Waals surface area contributed by atoms with Crippen LogP contribution >= 0.6 is 0 Å². The van der Waals surface area contributed by atoms with Crippen LogP contribution in [-0.4, -0.2) is 11.0 Å². The minimum atomic E-state index is -0.349. The molecule has 0 radical (unpaired) electrons. The lowest BCUT2D eigenvalue weighted by Gasteiger charge is -2.15. The number of rotatable bonds is 6. The van der Waals surface area contributed by atoms with Gasteiger partial charge in [-0.2, -0.15) is 0 Å². The van der Waals surface area contributed by atoms with E-state index in [-0.39, 0.29) is 10.6 Å². The van der Waals surface area contributed by atoms with Crippen LogP contribution in [0.25, 0.3) is 0 Å². The van der Waals surface area contributed by atoms with Crippen molar-refractivity contribution in [2.45, 2.75) is 38.3 Å². The number of ether oxygens (including phenoxy) is 1. The summed E-state index contributed by atoms with van der Waals surface area (Å²) < 4.78 is 5.77. The molecule has 0 aliphatic heterocycles. The van der Waals surface area contributed by atoms with Crippen molar-refractivity contribution in [2.75, 3.05) is 5.32 Å². The average Bonchev–Trinajstić information content (AvgIpc) is 3.07. The Kier molecular flexibility index (Phi) is 4.76. The summed E-state index contributed by atoms with van der Waals surface area (Å²) in [5.41, 5.74) is 1.72. The predicted octanol–water partition coefficient (Wildman–Crippen LogP) is 4.53. The van der Waals surface area contributed by atoms with Gasteiger partial charge >= 0.3 is 0 Å². The Balaban J connectivity index is 1.74. The van der Waals surface area contributed by atoms with Gasteiger partial charge in [-0.05, 0) is 24.5 Å². The molecule has 120 valence electrons. The molecule has 5 heteroatoms. The quantitative estimate of drug-likeness (QED) is 0.629. The van der Waals surface area contributed by atoms with E-state index in [2.05, 4.69) is 5.32 Å². The Morgan fingerprint density at radius 1 is 1.13 bits per heavy atom. The lowest BCUT2D eigenvalue weighted by Crippen LogP contribution is -2.15. The minimum absolute atomic E-state index is 0.101. The van der Waals surface area contributed by atoms with Crippen LogP contribution in [0, 0.1) is 10.1 Å². The Hall–Kier alpha value is -2.56. The van der Waals surface area contributed by atoms with Gasteiger partial charge in [0.15, 0.2) is 0 Å². The molecule has 0 amide bonds. The summed E-state index contributed by atoms with van der Waals surface area (Å²) in [6.45, 7) is 0.446. The summed E-state index contributed by atoms with van der Waals surface area (Å²) in [5, 5.41) is 14.5. The number of hydrogen-bond acceptors (Lipinski definition) is 4. The molecule has 0 atom stereocenters. The average molecular weight is 312 g/mol. The lowest BCUT2D eigenvalue weighted by atomic mass is 10.2. The van der Waals surface area contributed by atoms with Gasteiger partial charge in [-0.25, -0.2) is 0 Å². The fourth-order valence-corrected chi connectivity index (χ4v) is 2.91. The summed E-state index contributed by atoms with van der Waals surface area (Å²) in [4.78, 5) is 10.9. The molecule has 2 aromatic carbocycles. The summed E-state index contributed by atoms with van der Waals surface area (Å²) in [6, 6.07) is 15.1. The first-order chi connectivity index (χ1) is 11.2. The van der Waals surface area contributed by atoms with Crippen molar-refractivity contribution in [3.8, 4) is 5.75 Å². The van der Waals surface area contributed by atoms with Crippen molar-refractivity contribution in [1.82, 2.24) is 0 Å². The molecule has 1 saturated carbocycles. The van der Waals surface area contributed by atoms with Gasteiger partial charge in [0, 0.05) is 18.2 Å². The van der Waals surface area contributed by atoms with Crippen molar-refractivity contribution < 1.29 is 9.66 Å². The highest BCUT2D eigenvalue weighted by atomic mass is 16.6. The van der Waals surface area contributed by atoms with Gasteiger partial charge < -0.3 is 10.1 Å². The molecule has 3 rings (SSSR count). The molecular formula is C18H20N2O3. The molecule has 0 heterocycles. The number of hydrogen-bond donors (Lipinski definition) is 1. The van der Waals surface area contributed by atoms with E-state index in [0.29, 0.717) is 24.1 Å². The molecule has 0 saturated heterocycles. The van der Waals surface area contributed by atoms with Gasteiger partial charge in [0.05, 0.1) is 4.92 Å². The van der Waals surface area contributed by atoms with Crippen molar-refractivity contribution in [2.24, 2.45) is 0 Å². The summed E-state index contributed by atoms with van der Waals surface area (Å²) in [7, 11) is 0. The molecule has 23 heavy (non-hydrogen) atoms. The van der Waals surface area contributed by atoms with Crippen LogP contribution in [0.1, 0.15) is 31.2 Å². The molecule has 0 spiro atoms. The van der Waals surface area contributed by atoms with Crippen LogP contribution < -0.4 is 10.1 Å². The van der Waals surface area contributed by atoms with Crippen molar-refractivity contribution >= 4 is 11.4 Å². The Bertz CT molecular complexity index is 667. The molecule has 1 fully saturated rings. The molecule has 5 nitrogen and oxygen atoms in total. The number of anilines is 1. The molecular weight excluding hydrogens is 292 g/mol. The van der Waals surface area contributed by atoms with Crippen molar-refractivity contribution in [3.63, 3.8) is 0 Å². The maximum absolute atomic E-state index is 11.2. The van der Waals surface area contributed by atoms with E-state index in [1.54, 1.807) is 12.1 Å². The zero-order valence-electron chi connectivity index (χ0n) is 12.9. The molecule has 1 N–H and O–H groups in total. The Morgan fingerprint density at radius 2 is 1.87 bits per heavy atom. The number of benzene rings is 2. The number of nitrogens with zero attached hydrogens (tertiary/aromatic N) is 1. The Labute approximate surface area is 135 Å². The van der Waals surface area contributed by atoms with E-state index in [0.717, 1.165) is 18.4 Å². The maximum Gasteiger partial charge on any atom is 0.292 e. The monoisotopic (exact) mass is 312 g/mol. The molecule has 0 aromatic heterocycles. The number of nitro groups is 1. The van der Waals surface area contributed by atoms with Crippen LogP contribution in [0.15, 0.2) is 48.5 Å². The highest BCUT2D eigenvalue weighted by molar-refractivity contribution is 5.64. The van der Waals surface area contributed by atoms with Gasteiger partial charge in [-0.3, -0.25) is 10.1 Å². The zero-order chi connectivity index (χ0) is 16.1. The Morgan fingerprint density at radius 3 is 2.57 bits per heavy atom.